The van der Waals surface area contributed by atoms with Crippen LogP contribution in [0.1, 0.15) is 41.0 Å². The van der Waals surface area contributed by atoms with Crippen molar-refractivity contribution in [1.82, 2.24) is 14.9 Å². The molecule has 1 aliphatic heterocycles. The second-order valence-corrected chi connectivity index (χ2v) is 8.06. The van der Waals surface area contributed by atoms with Crippen molar-refractivity contribution >= 4 is 35.0 Å². The summed E-state index contributed by atoms with van der Waals surface area (Å²) in [6, 6.07) is 2.19. The van der Waals surface area contributed by atoms with Crippen LogP contribution >= 0.6 is 0 Å². The molecule has 1 N–H and O–H groups in total. The third kappa shape index (κ3) is 3.80. The van der Waals surface area contributed by atoms with Crippen LogP contribution in [-0.4, -0.2) is 52.7 Å². The quantitative estimate of drug-likeness (QED) is 0.883. The molecule has 0 aliphatic carbocycles. The van der Waals surface area contributed by atoms with Crippen molar-refractivity contribution in [1.29, 1.82) is 0 Å². The molecule has 0 radical (unpaired) electrons. The lowest BCUT2D eigenvalue weighted by atomic mass is 10.2. The fraction of sp³-hybridized carbons (Fsp3) is 0.524. The highest BCUT2D eigenvalue weighted by atomic mass is 16.6. The summed E-state index contributed by atoms with van der Waals surface area (Å²) in [7, 11) is 1.82. The molecule has 146 valence electrons. The van der Waals surface area contributed by atoms with Crippen LogP contribution in [0.5, 0.6) is 0 Å². The first-order valence-electron chi connectivity index (χ1n) is 9.55. The van der Waals surface area contributed by atoms with E-state index < -0.39 is 5.60 Å². The van der Waals surface area contributed by atoms with Gasteiger partial charge in [0.05, 0.1) is 16.9 Å². The minimum Gasteiger partial charge on any atom is -0.444 e. The molecule has 3 heterocycles. The lowest BCUT2D eigenvalue weighted by Crippen LogP contribution is -2.42. The van der Waals surface area contributed by atoms with Crippen molar-refractivity contribution < 1.29 is 9.53 Å². The Hall–Kier alpha value is -2.50. The summed E-state index contributed by atoms with van der Waals surface area (Å²) in [5.74, 6) is 0.977. The zero-order chi connectivity index (χ0) is 19.8. The van der Waals surface area contributed by atoms with Crippen molar-refractivity contribution in [3.05, 3.63) is 22.8 Å². The molecular weight excluding hydrogens is 340 g/mol. The van der Waals surface area contributed by atoms with Crippen molar-refractivity contribution in [3.63, 3.8) is 0 Å². The SMILES string of the molecule is CC=c1nc(N2CCC(N(C)C(=O)OC(C)(C)C)C2)c2cc[nH]c2c1=CC. The minimum atomic E-state index is -0.485. The standard InChI is InChI=1S/C21H30N4O2/c1-7-15-17(8-2)23-19(16-9-11-22-18(15)16)25-12-10-14(13-25)24(6)20(26)27-21(3,4)5/h7-9,11,14,22H,10,12-13H2,1-6H3. The van der Waals surface area contributed by atoms with Crippen LogP contribution in [0.25, 0.3) is 23.1 Å². The van der Waals surface area contributed by atoms with Gasteiger partial charge in [-0.2, -0.15) is 0 Å². The maximum absolute atomic E-state index is 12.4. The van der Waals surface area contributed by atoms with E-state index >= 15 is 0 Å². The zero-order valence-corrected chi connectivity index (χ0v) is 17.2. The molecule has 1 unspecified atom stereocenters. The van der Waals surface area contributed by atoms with Crippen molar-refractivity contribution in [2.45, 2.75) is 52.7 Å². The first-order valence-corrected chi connectivity index (χ1v) is 9.55. The number of nitrogens with zero attached hydrogens (tertiary/aromatic N) is 3. The molecule has 2 aromatic rings. The maximum atomic E-state index is 12.4. The molecule has 2 aromatic heterocycles. The van der Waals surface area contributed by atoms with E-state index in [0.717, 1.165) is 46.8 Å². The van der Waals surface area contributed by atoms with E-state index in [9.17, 15) is 4.79 Å². The number of hydrogen-bond donors (Lipinski definition) is 1. The molecule has 0 bridgehead atoms. The molecule has 1 amide bonds. The number of H-pyrrole nitrogens is 1. The fourth-order valence-corrected chi connectivity index (χ4v) is 3.63. The second kappa shape index (κ2) is 7.25. The molecule has 1 aliphatic rings. The van der Waals surface area contributed by atoms with E-state index in [0.29, 0.717) is 0 Å². The lowest BCUT2D eigenvalue weighted by molar-refractivity contribution is 0.0238. The Bertz CT molecular complexity index is 955. The number of likely N-dealkylation sites (N-methyl/N-ethyl adjacent to an activating group) is 1. The van der Waals surface area contributed by atoms with E-state index in [-0.39, 0.29) is 12.1 Å². The summed E-state index contributed by atoms with van der Waals surface area (Å²) < 4.78 is 5.52. The predicted molar refractivity (Wildman–Crippen MR) is 110 cm³/mol. The van der Waals surface area contributed by atoms with Gasteiger partial charge >= 0.3 is 6.09 Å². The second-order valence-electron chi connectivity index (χ2n) is 8.06. The molecule has 1 saturated heterocycles. The van der Waals surface area contributed by atoms with Crippen LogP contribution in [0, 0.1) is 0 Å². The number of hydrogen-bond acceptors (Lipinski definition) is 4. The topological polar surface area (TPSA) is 61.5 Å². The molecule has 0 saturated carbocycles. The summed E-state index contributed by atoms with van der Waals surface area (Å²) >= 11 is 0. The van der Waals surface area contributed by atoms with Gasteiger partial charge < -0.3 is 19.5 Å². The minimum absolute atomic E-state index is 0.113. The number of aromatic nitrogens is 2. The number of amides is 1. The van der Waals surface area contributed by atoms with E-state index in [4.69, 9.17) is 9.72 Å². The highest BCUT2D eigenvalue weighted by molar-refractivity contribution is 5.91. The highest BCUT2D eigenvalue weighted by Crippen LogP contribution is 2.26. The summed E-state index contributed by atoms with van der Waals surface area (Å²) in [4.78, 5) is 24.7. The van der Waals surface area contributed by atoms with E-state index in [2.05, 4.69) is 22.0 Å². The van der Waals surface area contributed by atoms with E-state index in [1.165, 1.54) is 0 Å². The van der Waals surface area contributed by atoms with Gasteiger partial charge in [-0.05, 0) is 47.1 Å². The van der Waals surface area contributed by atoms with Gasteiger partial charge in [0.15, 0.2) is 0 Å². The predicted octanol–water partition coefficient (Wildman–Crippen LogP) is 2.61. The summed E-state index contributed by atoms with van der Waals surface area (Å²) in [6.45, 7) is 11.3. The van der Waals surface area contributed by atoms with Crippen molar-refractivity contribution in [2.75, 3.05) is 25.0 Å². The number of anilines is 1. The Morgan fingerprint density at radius 2 is 2.11 bits per heavy atom. The number of rotatable bonds is 2. The number of fused-ring (bicyclic) bond motifs is 1. The number of carbonyl (C=O) groups excluding carboxylic acids is 1. The summed E-state index contributed by atoms with van der Waals surface area (Å²) in [6.07, 6.45) is 6.72. The number of nitrogens with one attached hydrogen (secondary N) is 1. The Balaban J connectivity index is 1.88. The van der Waals surface area contributed by atoms with Crippen molar-refractivity contribution in [2.24, 2.45) is 0 Å². The normalized spacial score (nSPS) is 19.2. The van der Waals surface area contributed by atoms with E-state index in [1.54, 1.807) is 4.90 Å². The molecule has 1 fully saturated rings. The van der Waals surface area contributed by atoms with Crippen LogP contribution in [0.2, 0.25) is 0 Å². The Morgan fingerprint density at radius 3 is 2.74 bits per heavy atom. The maximum Gasteiger partial charge on any atom is 0.410 e. The smallest absolute Gasteiger partial charge is 0.410 e. The number of ether oxygens (including phenoxy) is 1. The van der Waals surface area contributed by atoms with Gasteiger partial charge in [0.1, 0.15) is 11.4 Å². The van der Waals surface area contributed by atoms with Crippen molar-refractivity contribution in [3.8, 4) is 0 Å². The zero-order valence-electron chi connectivity index (χ0n) is 17.2. The molecule has 0 spiro atoms. The van der Waals surface area contributed by atoms with E-state index in [1.807, 2.05) is 53.9 Å². The molecule has 1 atom stereocenters. The van der Waals surface area contributed by atoms with Crippen LogP contribution < -0.4 is 15.5 Å². The third-order valence-electron chi connectivity index (χ3n) is 5.01. The van der Waals surface area contributed by atoms with Crippen LogP contribution in [0.4, 0.5) is 10.6 Å². The van der Waals surface area contributed by atoms with Gasteiger partial charge in [0, 0.05) is 36.9 Å². The highest BCUT2D eigenvalue weighted by Gasteiger charge is 2.32. The van der Waals surface area contributed by atoms with Gasteiger partial charge in [-0.15, -0.1) is 0 Å². The Labute approximate surface area is 160 Å². The summed E-state index contributed by atoms with van der Waals surface area (Å²) in [5, 5.41) is 3.23. The molecule has 6 nitrogen and oxygen atoms in total. The molecule has 6 heteroatoms. The Morgan fingerprint density at radius 1 is 1.37 bits per heavy atom. The monoisotopic (exact) mass is 370 g/mol. The van der Waals surface area contributed by atoms with Gasteiger partial charge in [-0.3, -0.25) is 0 Å². The largest absolute Gasteiger partial charge is 0.444 e. The molecule has 27 heavy (non-hydrogen) atoms. The first-order chi connectivity index (χ1) is 12.7. The van der Waals surface area contributed by atoms with Gasteiger partial charge in [-0.25, -0.2) is 9.78 Å². The van der Waals surface area contributed by atoms with Crippen LogP contribution in [0.15, 0.2) is 12.3 Å². The number of pyridine rings is 1. The van der Waals surface area contributed by atoms with Gasteiger partial charge in [0.2, 0.25) is 0 Å². The first kappa shape index (κ1) is 19.3. The van der Waals surface area contributed by atoms with Crippen LogP contribution in [-0.2, 0) is 4.74 Å². The lowest BCUT2D eigenvalue weighted by Gasteiger charge is -2.28. The molecular formula is C21H30N4O2. The fourth-order valence-electron chi connectivity index (χ4n) is 3.63. The molecule has 3 rings (SSSR count). The number of carbonyl (C=O) groups is 1. The summed E-state index contributed by atoms with van der Waals surface area (Å²) in [5.41, 5.74) is 0.625. The third-order valence-corrected chi connectivity index (χ3v) is 5.01. The van der Waals surface area contributed by atoms with Gasteiger partial charge in [0.25, 0.3) is 0 Å². The van der Waals surface area contributed by atoms with Gasteiger partial charge in [-0.1, -0.05) is 12.2 Å². The average molecular weight is 370 g/mol. The molecule has 0 aromatic carbocycles. The average Bonchev–Trinajstić information content (AvgIpc) is 3.27. The number of aromatic amines is 1. The van der Waals surface area contributed by atoms with Crippen LogP contribution in [0.3, 0.4) is 0 Å². The Kier molecular flexibility index (Phi) is 5.18.